The summed E-state index contributed by atoms with van der Waals surface area (Å²) in [6.07, 6.45) is 7.72. The Morgan fingerprint density at radius 3 is 2.29 bits per heavy atom. The highest BCUT2D eigenvalue weighted by molar-refractivity contribution is 5.90. The van der Waals surface area contributed by atoms with E-state index in [1.807, 2.05) is 30.3 Å². The Hall–Kier alpha value is -3.14. The topological polar surface area (TPSA) is 120 Å². The van der Waals surface area contributed by atoms with Crippen LogP contribution >= 0.6 is 0 Å². The molecule has 5 rings (SSSR count). The molecule has 1 aromatic carbocycles. The molecule has 4 saturated carbocycles. The van der Waals surface area contributed by atoms with Crippen LogP contribution in [0, 0.1) is 46.3 Å². The minimum atomic E-state index is -0.794. The van der Waals surface area contributed by atoms with E-state index in [0.29, 0.717) is 42.1 Å². The summed E-state index contributed by atoms with van der Waals surface area (Å²) in [6, 6.07) is 9.00. The van der Waals surface area contributed by atoms with Gasteiger partial charge in [-0.05, 0) is 111 Å². The zero-order chi connectivity index (χ0) is 34.6. The number of hydroxylamine groups is 2. The molecule has 3 amide bonds. The van der Waals surface area contributed by atoms with Gasteiger partial charge in [-0.3, -0.25) is 14.4 Å². The van der Waals surface area contributed by atoms with Crippen molar-refractivity contribution in [2.75, 3.05) is 13.2 Å². The Balaban J connectivity index is 1.29. The molecule has 0 saturated heterocycles. The monoisotopic (exact) mass is 668 g/mol. The summed E-state index contributed by atoms with van der Waals surface area (Å²) in [5.41, 5.74) is 1.14. The van der Waals surface area contributed by atoms with E-state index in [1.165, 1.54) is 18.9 Å². The van der Waals surface area contributed by atoms with E-state index >= 15 is 0 Å². The van der Waals surface area contributed by atoms with Gasteiger partial charge in [0.05, 0.1) is 13.2 Å². The van der Waals surface area contributed by atoms with Gasteiger partial charge in [0.25, 0.3) is 0 Å². The number of nitrogens with one attached hydrogen (secondary N) is 1. The number of carbonyl (C=O) groups is 4. The molecule has 1 aromatic rings. The number of fused-ring (bicyclic) bond motifs is 5. The molecule has 10 heteroatoms. The van der Waals surface area contributed by atoms with E-state index in [4.69, 9.17) is 19.0 Å². The SMILES string of the molecule is CCOC(=O)NC(=O)N(CC[C@@H](C)[C@H]1CC[C@H]2[C@@H]3[C@H](OC(C)=O)C[C@@H]4C[C@H](OC(C)=O)CC[C@]4(C)[C@H]3CC[C@]12C)OCc1ccccc1. The number of urea groups is 1. The van der Waals surface area contributed by atoms with Crippen molar-refractivity contribution < 1.29 is 38.2 Å². The molecule has 4 aliphatic carbocycles. The van der Waals surface area contributed by atoms with Gasteiger partial charge < -0.3 is 14.2 Å². The van der Waals surface area contributed by atoms with E-state index in [1.54, 1.807) is 6.92 Å². The van der Waals surface area contributed by atoms with Crippen LogP contribution in [0.4, 0.5) is 9.59 Å². The maximum absolute atomic E-state index is 13.1. The number of hydrogen-bond donors (Lipinski definition) is 1. The number of rotatable bonds is 10. The number of imide groups is 1. The molecule has 0 spiro atoms. The number of nitrogens with zero attached hydrogens (tertiary/aromatic N) is 1. The molecule has 266 valence electrons. The smallest absolute Gasteiger partial charge is 0.415 e. The Morgan fingerprint density at radius 1 is 0.917 bits per heavy atom. The molecule has 0 heterocycles. The first-order valence-corrected chi connectivity index (χ1v) is 18.1. The highest BCUT2D eigenvalue weighted by atomic mass is 16.7. The fraction of sp³-hybridized carbons (Fsp3) is 0.737. The third kappa shape index (κ3) is 7.68. The normalized spacial score (nSPS) is 34.4. The molecule has 10 atom stereocenters. The van der Waals surface area contributed by atoms with Crippen LogP contribution in [0.15, 0.2) is 30.3 Å². The molecule has 0 radical (unpaired) electrons. The summed E-state index contributed by atoms with van der Waals surface area (Å²) < 4.78 is 16.8. The Kier molecular flexibility index (Phi) is 11.4. The standard InChI is InChI=1S/C38H56N2O8/c1-7-45-36(44)39-35(43)40(46-23-27-11-9-8-10-12-27)20-17-24(2)30-13-14-31-34-32(16-19-38(30,31)6)37(5)18-15-29(47-25(3)41)21-28(37)22-33(34)48-26(4)42/h8-12,24,28-34H,7,13-23H2,1-6H3,(H,39,43,44)/t24-,28+,29-,30-,31+,32+,33-,34+,37+,38-/m1/s1. The van der Waals surface area contributed by atoms with Gasteiger partial charge in [0.1, 0.15) is 18.8 Å². The lowest BCUT2D eigenvalue weighted by molar-refractivity contribution is -0.197. The van der Waals surface area contributed by atoms with Crippen LogP contribution in [-0.4, -0.2) is 54.5 Å². The summed E-state index contributed by atoms with van der Waals surface area (Å²) in [4.78, 5) is 55.4. The lowest BCUT2D eigenvalue weighted by Crippen LogP contribution is -2.59. The number of esters is 2. The van der Waals surface area contributed by atoms with Gasteiger partial charge in [0, 0.05) is 19.8 Å². The van der Waals surface area contributed by atoms with Crippen molar-refractivity contribution in [1.29, 1.82) is 0 Å². The number of benzene rings is 1. The van der Waals surface area contributed by atoms with E-state index in [-0.39, 0.29) is 48.2 Å². The van der Waals surface area contributed by atoms with Crippen LogP contribution < -0.4 is 5.32 Å². The molecule has 10 nitrogen and oxygen atoms in total. The van der Waals surface area contributed by atoms with Crippen molar-refractivity contribution in [3.63, 3.8) is 0 Å². The van der Waals surface area contributed by atoms with E-state index < -0.39 is 12.1 Å². The fourth-order valence-electron chi connectivity index (χ4n) is 10.6. The molecule has 4 fully saturated rings. The lowest BCUT2D eigenvalue weighted by Gasteiger charge is -2.62. The summed E-state index contributed by atoms with van der Waals surface area (Å²) in [5, 5.41) is 3.55. The van der Waals surface area contributed by atoms with Gasteiger partial charge in [-0.1, -0.05) is 51.1 Å². The summed E-state index contributed by atoms with van der Waals surface area (Å²) >= 11 is 0. The highest BCUT2D eigenvalue weighted by Gasteiger charge is 2.64. The van der Waals surface area contributed by atoms with Crippen LogP contribution in [0.3, 0.4) is 0 Å². The first-order chi connectivity index (χ1) is 22.9. The van der Waals surface area contributed by atoms with Gasteiger partial charge in [-0.2, -0.15) is 0 Å². The fourth-order valence-corrected chi connectivity index (χ4v) is 10.6. The quantitative estimate of drug-likeness (QED) is 0.155. The van der Waals surface area contributed by atoms with Crippen LogP contribution in [0.5, 0.6) is 0 Å². The van der Waals surface area contributed by atoms with Crippen molar-refractivity contribution >= 4 is 24.1 Å². The number of ether oxygens (including phenoxy) is 3. The first kappa shape index (κ1) is 36.1. The van der Waals surface area contributed by atoms with E-state index in [2.05, 4.69) is 26.1 Å². The van der Waals surface area contributed by atoms with Crippen LogP contribution in [0.1, 0.15) is 105 Å². The molecule has 1 N–H and O–H groups in total. The van der Waals surface area contributed by atoms with Gasteiger partial charge in [-0.15, -0.1) is 0 Å². The Labute approximate surface area is 285 Å². The zero-order valence-electron chi connectivity index (χ0n) is 29.7. The average molecular weight is 669 g/mol. The van der Waals surface area contributed by atoms with Crippen LogP contribution in [0.25, 0.3) is 0 Å². The maximum atomic E-state index is 13.1. The first-order valence-electron chi connectivity index (χ1n) is 18.1. The number of alkyl carbamates (subject to hydrolysis) is 1. The third-order valence-corrected chi connectivity index (χ3v) is 12.7. The minimum absolute atomic E-state index is 0.0590. The zero-order valence-corrected chi connectivity index (χ0v) is 29.7. The summed E-state index contributed by atoms with van der Waals surface area (Å²) in [6.45, 7) is 12.6. The third-order valence-electron chi connectivity index (χ3n) is 12.7. The second kappa shape index (κ2) is 15.2. The highest BCUT2D eigenvalue weighted by Crippen LogP contribution is 2.68. The molecular formula is C38H56N2O8. The van der Waals surface area contributed by atoms with Gasteiger partial charge in [-0.25, -0.2) is 20.0 Å². The number of amides is 3. The second-order valence-corrected chi connectivity index (χ2v) is 15.4. The molecule has 0 aliphatic heterocycles. The van der Waals surface area contributed by atoms with Crippen molar-refractivity contribution in [2.24, 2.45) is 46.3 Å². The lowest BCUT2D eigenvalue weighted by atomic mass is 9.43. The summed E-state index contributed by atoms with van der Waals surface area (Å²) in [5.74, 6) is 1.85. The number of carbonyl (C=O) groups excluding carboxylic acids is 4. The van der Waals surface area contributed by atoms with E-state index in [0.717, 1.165) is 63.4 Å². The molecule has 4 aliphatic rings. The molecule has 0 aromatic heterocycles. The van der Waals surface area contributed by atoms with Crippen molar-refractivity contribution in [3.8, 4) is 0 Å². The molecule has 0 unspecified atom stereocenters. The van der Waals surface area contributed by atoms with Crippen LogP contribution in [0.2, 0.25) is 0 Å². The largest absolute Gasteiger partial charge is 0.463 e. The van der Waals surface area contributed by atoms with Gasteiger partial charge in [0.2, 0.25) is 0 Å². The number of hydrogen-bond acceptors (Lipinski definition) is 8. The molecule has 0 bridgehead atoms. The van der Waals surface area contributed by atoms with Crippen molar-refractivity contribution in [1.82, 2.24) is 10.4 Å². The predicted octanol–water partition coefficient (Wildman–Crippen LogP) is 7.44. The second-order valence-electron chi connectivity index (χ2n) is 15.4. The van der Waals surface area contributed by atoms with Gasteiger partial charge >= 0.3 is 24.1 Å². The van der Waals surface area contributed by atoms with Crippen molar-refractivity contribution in [3.05, 3.63) is 35.9 Å². The molecule has 48 heavy (non-hydrogen) atoms. The Morgan fingerprint density at radius 2 is 1.60 bits per heavy atom. The van der Waals surface area contributed by atoms with Crippen molar-refractivity contribution in [2.45, 2.75) is 118 Å². The van der Waals surface area contributed by atoms with Gasteiger partial charge in [0.15, 0.2) is 0 Å². The maximum Gasteiger partial charge on any atom is 0.415 e. The predicted molar refractivity (Wildman–Crippen MR) is 179 cm³/mol. The average Bonchev–Trinajstić information content (AvgIpc) is 3.38. The minimum Gasteiger partial charge on any atom is -0.463 e. The van der Waals surface area contributed by atoms with Crippen LogP contribution in [-0.2, 0) is 35.2 Å². The molecular weight excluding hydrogens is 612 g/mol. The van der Waals surface area contributed by atoms with E-state index in [9.17, 15) is 19.2 Å². The Bertz CT molecular complexity index is 1310. The summed E-state index contributed by atoms with van der Waals surface area (Å²) in [7, 11) is 0.